The molecular formula is C27H30N4O6. The first kappa shape index (κ1) is 27.3. The van der Waals surface area contributed by atoms with Gasteiger partial charge in [0, 0.05) is 29.2 Å². The number of hydrogen-bond acceptors (Lipinski definition) is 7. The lowest BCUT2D eigenvalue weighted by Gasteiger charge is -2.38. The summed E-state index contributed by atoms with van der Waals surface area (Å²) in [5.41, 5.74) is 11.4. The fourth-order valence-electron chi connectivity index (χ4n) is 4.30. The van der Waals surface area contributed by atoms with Crippen molar-refractivity contribution in [3.8, 4) is 11.1 Å². The van der Waals surface area contributed by atoms with Gasteiger partial charge in [0.25, 0.3) is 5.91 Å². The van der Waals surface area contributed by atoms with Crippen LogP contribution in [0.4, 0.5) is 0 Å². The number of methoxy groups -OCH3 is 1. The highest BCUT2D eigenvalue weighted by atomic mass is 16.6. The number of benzene rings is 2. The lowest BCUT2D eigenvalue weighted by Crippen LogP contribution is -2.48. The van der Waals surface area contributed by atoms with Crippen molar-refractivity contribution < 1.29 is 28.6 Å². The summed E-state index contributed by atoms with van der Waals surface area (Å²) >= 11 is 0. The lowest BCUT2D eigenvalue weighted by atomic mass is 9.83. The van der Waals surface area contributed by atoms with Gasteiger partial charge in [-0.05, 0) is 34.9 Å². The number of carbonyl (C=O) groups excluding carboxylic acids is 3. The smallest absolute Gasteiger partial charge is 0.372 e. The Kier molecular flexibility index (Phi) is 9.29. The average molecular weight is 507 g/mol. The summed E-state index contributed by atoms with van der Waals surface area (Å²) < 4.78 is 16.2. The van der Waals surface area contributed by atoms with E-state index in [9.17, 15) is 14.4 Å². The van der Waals surface area contributed by atoms with Crippen molar-refractivity contribution in [1.29, 1.82) is 0 Å². The van der Waals surface area contributed by atoms with Crippen molar-refractivity contribution >= 4 is 17.8 Å². The van der Waals surface area contributed by atoms with E-state index in [2.05, 4.69) is 15.3 Å². The fourth-order valence-corrected chi connectivity index (χ4v) is 4.30. The predicted octanol–water partition coefficient (Wildman–Crippen LogP) is 4.42. The average Bonchev–Trinajstić information content (AvgIpc) is 2.91. The number of hydrogen-bond donors (Lipinski definition) is 1. The van der Waals surface area contributed by atoms with Gasteiger partial charge in [0.05, 0.1) is 19.7 Å². The van der Waals surface area contributed by atoms with E-state index in [4.69, 9.17) is 19.7 Å². The van der Waals surface area contributed by atoms with Crippen molar-refractivity contribution in [1.82, 2.24) is 5.32 Å². The molecule has 1 N–H and O–H groups in total. The Hall–Kier alpha value is -4.30. The largest absolute Gasteiger partial charge is 0.483 e. The summed E-state index contributed by atoms with van der Waals surface area (Å²) in [6.45, 7) is 4.87. The molecule has 1 aliphatic rings. The summed E-state index contributed by atoms with van der Waals surface area (Å²) in [6, 6.07) is 16.3. The van der Waals surface area contributed by atoms with Gasteiger partial charge in [0.1, 0.15) is 12.2 Å². The zero-order chi connectivity index (χ0) is 26.9. The van der Waals surface area contributed by atoms with Gasteiger partial charge in [-0.2, -0.15) is 0 Å². The Morgan fingerprint density at radius 3 is 2.35 bits per heavy atom. The highest BCUT2D eigenvalue weighted by Gasteiger charge is 2.40. The van der Waals surface area contributed by atoms with Crippen LogP contribution in [-0.2, 0) is 23.8 Å². The van der Waals surface area contributed by atoms with Gasteiger partial charge < -0.3 is 19.5 Å². The number of ether oxygens (including phenoxy) is 3. The molecule has 1 amide bonds. The van der Waals surface area contributed by atoms with E-state index in [1.807, 2.05) is 49.4 Å². The van der Waals surface area contributed by atoms with Crippen LogP contribution < -0.4 is 5.32 Å². The Balaban J connectivity index is 1.74. The normalized spacial score (nSPS) is 20.2. The van der Waals surface area contributed by atoms with E-state index in [-0.39, 0.29) is 24.1 Å². The molecule has 0 spiro atoms. The van der Waals surface area contributed by atoms with E-state index in [1.54, 1.807) is 19.1 Å². The molecule has 194 valence electrons. The molecule has 10 heteroatoms. The van der Waals surface area contributed by atoms with Crippen molar-refractivity contribution in [2.75, 3.05) is 13.7 Å². The highest BCUT2D eigenvalue weighted by Crippen LogP contribution is 2.33. The zero-order valence-electron chi connectivity index (χ0n) is 21.2. The van der Waals surface area contributed by atoms with Gasteiger partial charge >= 0.3 is 11.9 Å². The van der Waals surface area contributed by atoms with Crippen LogP contribution in [0.15, 0.2) is 71.5 Å². The number of esters is 2. The molecule has 10 nitrogen and oxygen atoms in total. The van der Waals surface area contributed by atoms with Gasteiger partial charge in [-0.25, -0.2) is 4.79 Å². The van der Waals surface area contributed by atoms with Gasteiger partial charge in [-0.15, -0.1) is 0 Å². The molecule has 0 saturated carbocycles. The molecule has 3 unspecified atom stereocenters. The summed E-state index contributed by atoms with van der Waals surface area (Å²) in [7, 11) is 1.22. The summed E-state index contributed by atoms with van der Waals surface area (Å²) in [5.74, 6) is -2.48. The van der Waals surface area contributed by atoms with Gasteiger partial charge in [0.15, 0.2) is 0 Å². The topological polar surface area (TPSA) is 140 Å². The van der Waals surface area contributed by atoms with E-state index < -0.39 is 36.1 Å². The standard InChI is InChI=1S/C27H30N4O6/c1-16-22(30-31-28)14-23(27(34)35-4)37-25(16)17(2)24(36-18(3)32)15-29-26(33)21-12-10-20(11-13-21)19-8-6-5-7-9-19/h5-14,16-17,22,24-25H,15H2,1-4H3,(H,29,33)/t16?,17-,22?,24-,25?/m1/s1. The SMILES string of the molecule is COC(=O)C1=CC(N=[N+]=[N-])C(C)C([C@H](C)[C@@H](CNC(=O)c2ccc(-c3ccccc3)cc2)OC(C)=O)O1. The van der Waals surface area contributed by atoms with E-state index in [1.165, 1.54) is 20.1 Å². The van der Waals surface area contributed by atoms with Gasteiger partial charge in [0.2, 0.25) is 5.76 Å². The molecule has 0 bridgehead atoms. The van der Waals surface area contributed by atoms with Crippen LogP contribution in [0.1, 0.15) is 31.1 Å². The lowest BCUT2D eigenvalue weighted by molar-refractivity contribution is -0.155. The minimum atomic E-state index is -0.777. The van der Waals surface area contributed by atoms with Crippen LogP contribution in [0.5, 0.6) is 0 Å². The van der Waals surface area contributed by atoms with E-state index in [0.717, 1.165) is 11.1 Å². The first-order valence-corrected chi connectivity index (χ1v) is 11.9. The van der Waals surface area contributed by atoms with Crippen molar-refractivity contribution in [3.05, 3.63) is 82.4 Å². The third kappa shape index (κ3) is 6.89. The summed E-state index contributed by atoms with van der Waals surface area (Å²) in [6.07, 6.45) is -0.0246. The maximum Gasteiger partial charge on any atom is 0.372 e. The van der Waals surface area contributed by atoms with Crippen LogP contribution >= 0.6 is 0 Å². The summed E-state index contributed by atoms with van der Waals surface area (Å²) in [5, 5.41) is 6.59. The van der Waals surface area contributed by atoms with Crippen LogP contribution in [0.3, 0.4) is 0 Å². The minimum Gasteiger partial charge on any atom is -0.483 e. The second-order valence-corrected chi connectivity index (χ2v) is 8.82. The molecule has 1 heterocycles. The maximum atomic E-state index is 12.9. The Morgan fingerprint density at radius 2 is 1.76 bits per heavy atom. The van der Waals surface area contributed by atoms with Gasteiger partial charge in [-0.1, -0.05) is 61.4 Å². The molecule has 5 atom stereocenters. The minimum absolute atomic E-state index is 0.00997. The van der Waals surface area contributed by atoms with Crippen molar-refractivity contribution in [2.24, 2.45) is 17.0 Å². The van der Waals surface area contributed by atoms with Gasteiger partial charge in [-0.3, -0.25) is 9.59 Å². The van der Waals surface area contributed by atoms with Crippen LogP contribution in [0.25, 0.3) is 21.6 Å². The Bertz CT molecular complexity index is 1190. The molecular weight excluding hydrogens is 476 g/mol. The van der Waals surface area contributed by atoms with Crippen molar-refractivity contribution in [2.45, 2.75) is 39.0 Å². The molecule has 1 aliphatic heterocycles. The Morgan fingerprint density at radius 1 is 1.11 bits per heavy atom. The molecule has 0 fully saturated rings. The number of rotatable bonds is 9. The predicted molar refractivity (Wildman–Crippen MR) is 136 cm³/mol. The van der Waals surface area contributed by atoms with E-state index in [0.29, 0.717) is 5.56 Å². The van der Waals surface area contributed by atoms with Crippen molar-refractivity contribution in [3.63, 3.8) is 0 Å². The maximum absolute atomic E-state index is 12.9. The number of carbonyl (C=O) groups is 3. The first-order chi connectivity index (χ1) is 17.7. The Labute approximate surface area is 215 Å². The number of amides is 1. The second kappa shape index (κ2) is 12.6. The number of nitrogens with one attached hydrogen (secondary N) is 1. The molecule has 0 radical (unpaired) electrons. The quantitative estimate of drug-likeness (QED) is 0.231. The zero-order valence-corrected chi connectivity index (χ0v) is 21.2. The molecule has 0 saturated heterocycles. The third-order valence-electron chi connectivity index (χ3n) is 6.35. The van der Waals surface area contributed by atoms with E-state index >= 15 is 0 Å². The second-order valence-electron chi connectivity index (χ2n) is 8.82. The number of azide groups is 1. The van der Waals surface area contributed by atoms with Crippen LogP contribution in [0.2, 0.25) is 0 Å². The third-order valence-corrected chi connectivity index (χ3v) is 6.35. The molecule has 0 aliphatic carbocycles. The highest BCUT2D eigenvalue weighted by molar-refractivity contribution is 5.94. The number of nitrogens with zero attached hydrogens (tertiary/aromatic N) is 3. The van der Waals surface area contributed by atoms with Crippen LogP contribution in [0, 0.1) is 11.8 Å². The molecule has 37 heavy (non-hydrogen) atoms. The first-order valence-electron chi connectivity index (χ1n) is 11.9. The summed E-state index contributed by atoms with van der Waals surface area (Å²) in [4.78, 5) is 39.7. The van der Waals surface area contributed by atoms with Crippen LogP contribution in [-0.4, -0.2) is 49.8 Å². The molecule has 0 aromatic heterocycles. The molecule has 3 rings (SSSR count). The molecule has 2 aromatic rings. The fraction of sp³-hybridized carbons (Fsp3) is 0.370. The molecule has 2 aromatic carbocycles. The monoisotopic (exact) mass is 506 g/mol.